The van der Waals surface area contributed by atoms with Crippen LogP contribution in [-0.4, -0.2) is 26.4 Å². The summed E-state index contributed by atoms with van der Waals surface area (Å²) >= 11 is 0. The van der Waals surface area contributed by atoms with Crippen LogP contribution in [0.15, 0.2) is 5.18 Å². The number of nitrogens with zero attached hydrogens (tertiary/aromatic N) is 1. The van der Waals surface area contributed by atoms with Crippen LogP contribution in [0.4, 0.5) is 0 Å². The molecule has 0 amide bonds. The number of hydrogen-bond acceptors (Lipinski definition) is 4. The Bertz CT molecular complexity index is 144. The fraction of sp³-hybridized carbons (Fsp3) is 0.923. The fourth-order valence-corrected chi connectivity index (χ4v) is 0.966. The van der Waals surface area contributed by atoms with E-state index >= 15 is 0 Å². The molecule has 1 N–H and O–H groups in total. The molecule has 0 unspecified atom stereocenters. The van der Waals surface area contributed by atoms with Crippen LogP contribution in [0, 0.1) is 16.7 Å². The summed E-state index contributed by atoms with van der Waals surface area (Å²) in [6.45, 7) is 12.5. The van der Waals surface area contributed by atoms with Crippen molar-refractivity contribution >= 4 is 6.29 Å². The van der Waals surface area contributed by atoms with E-state index in [0.29, 0.717) is 0 Å². The summed E-state index contributed by atoms with van der Waals surface area (Å²) in [7, 11) is 1.19. The molecule has 1 aliphatic rings. The van der Waals surface area contributed by atoms with Crippen LogP contribution in [0.5, 0.6) is 0 Å². The summed E-state index contributed by atoms with van der Waals surface area (Å²) in [5.41, 5.74) is 0. The summed E-state index contributed by atoms with van der Waals surface area (Å²) in [4.78, 5) is 18.1. The lowest BCUT2D eigenvalue weighted by Gasteiger charge is -2.17. The largest absolute Gasteiger partial charge is 0.317 e. The van der Waals surface area contributed by atoms with E-state index in [2.05, 4.69) is 17.4 Å². The molecule has 0 radical (unpaired) electrons. The molecule has 0 atom stereocenters. The van der Waals surface area contributed by atoms with Gasteiger partial charge in [0.25, 0.3) is 0 Å². The molecule has 1 rings (SSSR count). The van der Waals surface area contributed by atoms with Crippen molar-refractivity contribution in [3.8, 4) is 0 Å². The second kappa shape index (κ2) is 20.6. The number of hydrogen-bond donors (Lipinski definition) is 1. The molecule has 0 aromatic heterocycles. The summed E-state index contributed by atoms with van der Waals surface area (Å²) in [5.74, 6) is 1.18. The van der Waals surface area contributed by atoms with E-state index in [9.17, 15) is 4.79 Å². The van der Waals surface area contributed by atoms with Crippen molar-refractivity contribution in [2.75, 3.05) is 20.1 Å². The second-order valence-electron chi connectivity index (χ2n) is 4.00. The van der Waals surface area contributed by atoms with Gasteiger partial charge in [0.15, 0.2) is 0 Å². The molecular formula is C13H30N2O2. The topological polar surface area (TPSA) is 58.5 Å². The number of carbonyl (C=O) groups is 1. The van der Waals surface area contributed by atoms with Gasteiger partial charge in [-0.1, -0.05) is 39.8 Å². The van der Waals surface area contributed by atoms with Gasteiger partial charge in [0, 0.05) is 5.92 Å². The lowest BCUT2D eigenvalue weighted by atomic mass is 10.0. The summed E-state index contributed by atoms with van der Waals surface area (Å²) in [6.07, 6.45) is 3.67. The molecule has 0 aromatic rings. The molecule has 104 valence electrons. The summed E-state index contributed by atoms with van der Waals surface area (Å²) < 4.78 is 0. The van der Waals surface area contributed by atoms with Crippen LogP contribution in [-0.2, 0) is 4.79 Å². The van der Waals surface area contributed by atoms with E-state index in [4.69, 9.17) is 4.91 Å². The maximum atomic E-state index is 9.50. The van der Waals surface area contributed by atoms with Gasteiger partial charge in [-0.15, -0.1) is 0 Å². The first-order chi connectivity index (χ1) is 8.08. The van der Waals surface area contributed by atoms with E-state index in [1.165, 1.54) is 33.0 Å². The Kier molecular flexibility index (Phi) is 26.1. The number of carbonyl (C=O) groups excluding carboxylic acids is 1. The van der Waals surface area contributed by atoms with Gasteiger partial charge >= 0.3 is 0 Å². The van der Waals surface area contributed by atoms with Crippen molar-refractivity contribution in [2.24, 2.45) is 17.0 Å². The first-order valence-electron chi connectivity index (χ1n) is 6.45. The van der Waals surface area contributed by atoms with Crippen molar-refractivity contribution in [3.63, 3.8) is 0 Å². The van der Waals surface area contributed by atoms with Crippen LogP contribution < -0.4 is 5.32 Å². The summed E-state index contributed by atoms with van der Waals surface area (Å²) in [6, 6.07) is 0. The molecule has 4 nitrogen and oxygen atoms in total. The van der Waals surface area contributed by atoms with Crippen LogP contribution in [0.2, 0.25) is 0 Å². The van der Waals surface area contributed by atoms with Crippen LogP contribution in [0.25, 0.3) is 0 Å². The predicted molar refractivity (Wildman–Crippen MR) is 75.2 cm³/mol. The molecule has 0 spiro atoms. The molecular weight excluding hydrogens is 216 g/mol. The first kappa shape index (κ1) is 21.5. The first-order valence-corrected chi connectivity index (χ1v) is 6.45. The Hall–Kier alpha value is -0.770. The highest BCUT2D eigenvalue weighted by Crippen LogP contribution is 2.08. The number of nitroso groups, excluding NO2 is 1. The van der Waals surface area contributed by atoms with Crippen molar-refractivity contribution < 1.29 is 4.79 Å². The molecule has 0 bridgehead atoms. The van der Waals surface area contributed by atoms with Gasteiger partial charge in [-0.3, -0.25) is 0 Å². The average molecular weight is 246 g/mol. The van der Waals surface area contributed by atoms with Crippen LogP contribution >= 0.6 is 0 Å². The SMILES string of the molecule is CC.CC(C)C=O.CC1CCNCC1.CN=O. The molecule has 17 heavy (non-hydrogen) atoms. The number of piperidine rings is 1. The van der Waals surface area contributed by atoms with Crippen molar-refractivity contribution in [1.82, 2.24) is 5.32 Å². The van der Waals surface area contributed by atoms with Gasteiger partial charge in [-0.25, -0.2) is 0 Å². The molecule has 1 saturated heterocycles. The highest BCUT2D eigenvalue weighted by molar-refractivity contribution is 5.51. The van der Waals surface area contributed by atoms with Crippen molar-refractivity contribution in [1.29, 1.82) is 0 Å². The van der Waals surface area contributed by atoms with Gasteiger partial charge in [0.2, 0.25) is 0 Å². The van der Waals surface area contributed by atoms with Gasteiger partial charge < -0.3 is 10.1 Å². The van der Waals surface area contributed by atoms with Gasteiger partial charge in [-0.2, -0.15) is 4.91 Å². The number of rotatable bonds is 1. The van der Waals surface area contributed by atoms with Crippen molar-refractivity contribution in [3.05, 3.63) is 4.91 Å². The third-order valence-corrected chi connectivity index (χ3v) is 1.90. The smallest absolute Gasteiger partial charge is 0.122 e. The van der Waals surface area contributed by atoms with E-state index in [1.54, 1.807) is 0 Å². The zero-order chi connectivity index (χ0) is 14.1. The third kappa shape index (κ3) is 31.3. The maximum absolute atomic E-state index is 9.50. The summed E-state index contributed by atoms with van der Waals surface area (Å²) in [5, 5.41) is 5.57. The Morgan fingerprint density at radius 3 is 1.65 bits per heavy atom. The van der Waals surface area contributed by atoms with Crippen molar-refractivity contribution in [2.45, 2.75) is 47.5 Å². The molecule has 4 heteroatoms. The van der Waals surface area contributed by atoms with E-state index in [0.717, 1.165) is 12.2 Å². The molecule has 1 heterocycles. The van der Waals surface area contributed by atoms with E-state index in [1.807, 2.05) is 27.7 Å². The van der Waals surface area contributed by atoms with E-state index in [-0.39, 0.29) is 5.92 Å². The second-order valence-corrected chi connectivity index (χ2v) is 4.00. The highest BCUT2D eigenvalue weighted by Gasteiger charge is 2.04. The quantitative estimate of drug-likeness (QED) is 0.570. The molecule has 0 aromatic carbocycles. The fourth-order valence-electron chi connectivity index (χ4n) is 0.966. The van der Waals surface area contributed by atoms with Crippen LogP contribution in [0.1, 0.15) is 47.5 Å². The minimum absolute atomic E-state index is 0.204. The Morgan fingerprint density at radius 2 is 1.53 bits per heavy atom. The highest BCUT2D eigenvalue weighted by atomic mass is 16.2. The molecule has 1 aliphatic heterocycles. The monoisotopic (exact) mass is 246 g/mol. The Balaban J connectivity index is -0.000000174. The van der Waals surface area contributed by atoms with Gasteiger partial charge in [-0.05, 0) is 31.8 Å². The standard InChI is InChI=1S/C6H13N.C4H8O.C2H6.CH3NO/c1-6-2-4-7-5-3-6;1-4(2)3-5;1-2;1-2-3/h6-7H,2-5H2,1H3;3-4H,1-2H3;1-2H3;1H3. The molecule has 1 fully saturated rings. The minimum Gasteiger partial charge on any atom is -0.317 e. The Morgan fingerprint density at radius 1 is 1.24 bits per heavy atom. The zero-order valence-corrected chi connectivity index (χ0v) is 12.3. The van der Waals surface area contributed by atoms with E-state index < -0.39 is 0 Å². The van der Waals surface area contributed by atoms with Gasteiger partial charge in [0.05, 0.1) is 7.05 Å². The molecule has 0 aliphatic carbocycles. The van der Waals surface area contributed by atoms with Crippen LogP contribution in [0.3, 0.4) is 0 Å². The normalized spacial score (nSPS) is 14.1. The Labute approximate surface area is 107 Å². The number of nitrogens with one attached hydrogen (secondary N) is 1. The average Bonchev–Trinajstić information content (AvgIpc) is 2.34. The predicted octanol–water partition coefficient (Wildman–Crippen LogP) is 3.26. The zero-order valence-electron chi connectivity index (χ0n) is 12.3. The maximum Gasteiger partial charge on any atom is 0.122 e. The third-order valence-electron chi connectivity index (χ3n) is 1.90. The lowest BCUT2D eigenvalue weighted by molar-refractivity contribution is -0.110. The van der Waals surface area contributed by atoms with Gasteiger partial charge in [0.1, 0.15) is 6.29 Å². The minimum atomic E-state index is 0.204. The molecule has 0 saturated carbocycles. The lowest BCUT2D eigenvalue weighted by Crippen LogP contribution is -2.26. The number of aldehydes is 1.